The van der Waals surface area contributed by atoms with E-state index >= 15 is 0 Å². The second kappa shape index (κ2) is 7.09. The Morgan fingerprint density at radius 2 is 1.95 bits per heavy atom. The summed E-state index contributed by atoms with van der Waals surface area (Å²) < 4.78 is 17.8. The predicted octanol–water partition coefficient (Wildman–Crippen LogP) is 4.06. The minimum Gasteiger partial charge on any atom is -0.495 e. The molecule has 0 aromatic heterocycles. The standard InChI is InChI=1S/C16H15ClFNO2/c1-21-15-8-2-11(10-14(15)17)3-9-16(20)19-13-6-4-12(18)5-7-13/h2,4-8,10H,3,9H2,1H3,(H,19,20). The van der Waals surface area contributed by atoms with Crippen molar-refractivity contribution in [3.63, 3.8) is 0 Å². The Hall–Kier alpha value is -2.07. The molecule has 1 amide bonds. The van der Waals surface area contributed by atoms with E-state index in [1.54, 1.807) is 19.2 Å². The van der Waals surface area contributed by atoms with Gasteiger partial charge in [0, 0.05) is 12.1 Å². The third-order valence-corrected chi connectivity index (χ3v) is 3.28. The SMILES string of the molecule is COc1ccc(CCC(=O)Nc2ccc(F)cc2)cc1Cl. The molecular formula is C16H15ClFNO2. The Morgan fingerprint density at radius 1 is 1.24 bits per heavy atom. The first-order valence-corrected chi connectivity index (χ1v) is 6.84. The number of methoxy groups -OCH3 is 1. The van der Waals surface area contributed by atoms with Gasteiger partial charge in [0.1, 0.15) is 11.6 Å². The van der Waals surface area contributed by atoms with Gasteiger partial charge in [-0.1, -0.05) is 17.7 Å². The molecule has 0 aliphatic rings. The molecule has 0 aliphatic carbocycles. The fourth-order valence-electron chi connectivity index (χ4n) is 1.88. The highest BCUT2D eigenvalue weighted by Gasteiger charge is 2.06. The molecule has 0 heterocycles. The lowest BCUT2D eigenvalue weighted by Crippen LogP contribution is -2.12. The van der Waals surface area contributed by atoms with Crippen molar-refractivity contribution < 1.29 is 13.9 Å². The molecule has 0 bridgehead atoms. The Balaban J connectivity index is 1.89. The highest BCUT2D eigenvalue weighted by atomic mass is 35.5. The van der Waals surface area contributed by atoms with Crippen LogP contribution in [-0.4, -0.2) is 13.0 Å². The van der Waals surface area contributed by atoms with E-state index in [1.807, 2.05) is 6.07 Å². The molecule has 2 rings (SSSR count). The highest BCUT2D eigenvalue weighted by molar-refractivity contribution is 6.32. The Morgan fingerprint density at radius 3 is 2.57 bits per heavy atom. The van der Waals surface area contributed by atoms with Gasteiger partial charge in [-0.15, -0.1) is 0 Å². The number of rotatable bonds is 5. The number of nitrogens with one attached hydrogen (secondary N) is 1. The largest absolute Gasteiger partial charge is 0.495 e. The lowest BCUT2D eigenvalue weighted by Gasteiger charge is -2.07. The van der Waals surface area contributed by atoms with Crippen molar-refractivity contribution in [2.24, 2.45) is 0 Å². The van der Waals surface area contributed by atoms with E-state index in [0.717, 1.165) is 5.56 Å². The molecule has 0 fully saturated rings. The summed E-state index contributed by atoms with van der Waals surface area (Å²) in [7, 11) is 1.55. The van der Waals surface area contributed by atoms with Gasteiger partial charge in [-0.2, -0.15) is 0 Å². The van der Waals surface area contributed by atoms with Crippen molar-refractivity contribution in [3.05, 3.63) is 58.9 Å². The molecule has 21 heavy (non-hydrogen) atoms. The molecule has 110 valence electrons. The van der Waals surface area contributed by atoms with Crippen LogP contribution in [0.15, 0.2) is 42.5 Å². The van der Waals surface area contributed by atoms with Crippen LogP contribution in [0.2, 0.25) is 5.02 Å². The molecular weight excluding hydrogens is 293 g/mol. The molecule has 2 aromatic rings. The van der Waals surface area contributed by atoms with Crippen LogP contribution >= 0.6 is 11.6 Å². The summed E-state index contributed by atoms with van der Waals surface area (Å²) in [6.07, 6.45) is 0.886. The van der Waals surface area contributed by atoms with Crippen molar-refractivity contribution >= 4 is 23.2 Å². The molecule has 0 radical (unpaired) electrons. The van der Waals surface area contributed by atoms with Gasteiger partial charge in [-0.25, -0.2) is 4.39 Å². The number of carbonyl (C=O) groups excluding carboxylic acids is 1. The van der Waals surface area contributed by atoms with Crippen LogP contribution in [0.4, 0.5) is 10.1 Å². The van der Waals surface area contributed by atoms with E-state index in [-0.39, 0.29) is 11.7 Å². The lowest BCUT2D eigenvalue weighted by atomic mass is 10.1. The van der Waals surface area contributed by atoms with Gasteiger partial charge in [-0.3, -0.25) is 4.79 Å². The summed E-state index contributed by atoms with van der Waals surface area (Å²) in [5.74, 6) is 0.144. The number of carbonyl (C=O) groups is 1. The van der Waals surface area contributed by atoms with Gasteiger partial charge in [0.05, 0.1) is 12.1 Å². The van der Waals surface area contributed by atoms with Gasteiger partial charge in [-0.05, 0) is 48.4 Å². The zero-order valence-electron chi connectivity index (χ0n) is 11.5. The number of amides is 1. The molecule has 0 unspecified atom stereocenters. The Bertz CT molecular complexity index is 629. The second-order valence-corrected chi connectivity index (χ2v) is 4.93. The lowest BCUT2D eigenvalue weighted by molar-refractivity contribution is -0.116. The zero-order valence-corrected chi connectivity index (χ0v) is 12.3. The quantitative estimate of drug-likeness (QED) is 0.904. The summed E-state index contributed by atoms with van der Waals surface area (Å²) in [4.78, 5) is 11.8. The van der Waals surface area contributed by atoms with Crippen LogP contribution in [-0.2, 0) is 11.2 Å². The fourth-order valence-corrected chi connectivity index (χ4v) is 2.16. The summed E-state index contributed by atoms with van der Waals surface area (Å²) in [6.45, 7) is 0. The van der Waals surface area contributed by atoms with Gasteiger partial charge < -0.3 is 10.1 Å². The summed E-state index contributed by atoms with van der Waals surface area (Å²) >= 11 is 6.03. The molecule has 3 nitrogen and oxygen atoms in total. The number of anilines is 1. The first-order chi connectivity index (χ1) is 10.1. The van der Waals surface area contributed by atoms with Crippen LogP contribution in [0.5, 0.6) is 5.75 Å². The first kappa shape index (κ1) is 15.3. The number of ether oxygens (including phenoxy) is 1. The molecule has 0 aliphatic heterocycles. The van der Waals surface area contributed by atoms with Crippen molar-refractivity contribution in [1.82, 2.24) is 0 Å². The van der Waals surface area contributed by atoms with E-state index in [0.29, 0.717) is 29.3 Å². The average Bonchev–Trinajstić information content (AvgIpc) is 2.48. The number of hydrogen-bond donors (Lipinski definition) is 1. The maximum Gasteiger partial charge on any atom is 0.224 e. The van der Waals surface area contributed by atoms with Crippen molar-refractivity contribution in [2.75, 3.05) is 12.4 Å². The maximum absolute atomic E-state index is 12.8. The van der Waals surface area contributed by atoms with Gasteiger partial charge in [0.2, 0.25) is 5.91 Å². The van der Waals surface area contributed by atoms with Crippen LogP contribution in [0.1, 0.15) is 12.0 Å². The normalized spacial score (nSPS) is 10.2. The van der Waals surface area contributed by atoms with E-state index in [1.165, 1.54) is 24.3 Å². The molecule has 5 heteroatoms. The zero-order chi connectivity index (χ0) is 15.2. The molecule has 0 saturated carbocycles. The van der Waals surface area contributed by atoms with Gasteiger partial charge in [0.15, 0.2) is 0 Å². The number of benzene rings is 2. The van der Waals surface area contributed by atoms with Crippen molar-refractivity contribution in [3.8, 4) is 5.75 Å². The molecule has 1 N–H and O–H groups in total. The molecule has 0 saturated heterocycles. The van der Waals surface area contributed by atoms with E-state index in [4.69, 9.17) is 16.3 Å². The monoisotopic (exact) mass is 307 g/mol. The van der Waals surface area contributed by atoms with Gasteiger partial charge >= 0.3 is 0 Å². The summed E-state index contributed by atoms with van der Waals surface area (Å²) in [6, 6.07) is 11.1. The Labute approximate surface area is 127 Å². The van der Waals surface area contributed by atoms with E-state index in [2.05, 4.69) is 5.32 Å². The molecule has 0 spiro atoms. The third-order valence-electron chi connectivity index (χ3n) is 2.98. The van der Waals surface area contributed by atoms with Crippen LogP contribution in [0.3, 0.4) is 0 Å². The van der Waals surface area contributed by atoms with Crippen LogP contribution in [0.25, 0.3) is 0 Å². The van der Waals surface area contributed by atoms with Crippen LogP contribution < -0.4 is 10.1 Å². The molecule has 2 aromatic carbocycles. The fraction of sp³-hybridized carbons (Fsp3) is 0.188. The number of hydrogen-bond acceptors (Lipinski definition) is 2. The van der Waals surface area contributed by atoms with Crippen LogP contribution in [0, 0.1) is 5.82 Å². The highest BCUT2D eigenvalue weighted by Crippen LogP contribution is 2.25. The average molecular weight is 308 g/mol. The third kappa shape index (κ3) is 4.46. The predicted molar refractivity (Wildman–Crippen MR) is 81.4 cm³/mol. The van der Waals surface area contributed by atoms with Crippen molar-refractivity contribution in [2.45, 2.75) is 12.8 Å². The summed E-state index contributed by atoms with van der Waals surface area (Å²) in [5.41, 5.74) is 1.53. The Kier molecular flexibility index (Phi) is 5.17. The topological polar surface area (TPSA) is 38.3 Å². The number of halogens is 2. The second-order valence-electron chi connectivity index (χ2n) is 4.52. The summed E-state index contributed by atoms with van der Waals surface area (Å²) in [5, 5.41) is 3.24. The van der Waals surface area contributed by atoms with E-state index in [9.17, 15) is 9.18 Å². The van der Waals surface area contributed by atoms with Gasteiger partial charge in [0.25, 0.3) is 0 Å². The first-order valence-electron chi connectivity index (χ1n) is 6.46. The van der Waals surface area contributed by atoms with E-state index < -0.39 is 0 Å². The number of aryl methyl sites for hydroxylation is 1. The smallest absolute Gasteiger partial charge is 0.224 e. The van der Waals surface area contributed by atoms with Crippen molar-refractivity contribution in [1.29, 1.82) is 0 Å². The maximum atomic E-state index is 12.8. The minimum atomic E-state index is -0.333. The molecule has 0 atom stereocenters. The minimum absolute atomic E-state index is 0.131.